The third-order valence-corrected chi connectivity index (χ3v) is 16.3. The SMILES string of the molecule is COC(=O)CCC(C)C1CCC2C3CC(OS(=O)(=O)c4ccc(C)cc4)C4CC(OS(=O)(=O)c5ccc(C)cc5)CC[C@]4(C)C3CC[C@]12C. The van der Waals surface area contributed by atoms with Gasteiger partial charge in [-0.3, -0.25) is 13.2 Å². The molecule has 0 heterocycles. The molecule has 0 bridgehead atoms. The van der Waals surface area contributed by atoms with Crippen LogP contribution < -0.4 is 0 Å². The Bertz CT molecular complexity index is 1720. The molecule has 6 rings (SSSR count). The summed E-state index contributed by atoms with van der Waals surface area (Å²) in [6, 6.07) is 13.4. The fourth-order valence-electron chi connectivity index (χ4n) is 10.9. The first-order valence-corrected chi connectivity index (χ1v) is 21.0. The van der Waals surface area contributed by atoms with E-state index in [1.54, 1.807) is 48.5 Å². The lowest BCUT2D eigenvalue weighted by atomic mass is 9.43. The quantitative estimate of drug-likeness (QED) is 0.180. The van der Waals surface area contributed by atoms with Crippen molar-refractivity contribution in [3.8, 4) is 0 Å². The monoisotopic (exact) mass is 714 g/mol. The van der Waals surface area contributed by atoms with Gasteiger partial charge < -0.3 is 4.74 Å². The highest BCUT2D eigenvalue weighted by molar-refractivity contribution is 7.87. The number of carbonyl (C=O) groups excluding carboxylic acids is 1. The third-order valence-electron chi connectivity index (χ3n) is 13.5. The van der Waals surface area contributed by atoms with Crippen molar-refractivity contribution >= 4 is 26.2 Å². The summed E-state index contributed by atoms with van der Waals surface area (Å²) >= 11 is 0. The van der Waals surface area contributed by atoms with Crippen LogP contribution in [0.5, 0.6) is 0 Å². The molecule has 10 heteroatoms. The molecule has 8 unspecified atom stereocenters. The van der Waals surface area contributed by atoms with Crippen molar-refractivity contribution in [2.45, 2.75) is 121 Å². The van der Waals surface area contributed by atoms with Crippen LogP contribution in [0.1, 0.15) is 96.1 Å². The number of aryl methyl sites for hydroxylation is 2. The number of methoxy groups -OCH3 is 1. The summed E-state index contributed by atoms with van der Waals surface area (Å²) in [6.07, 6.45) is 6.81. The van der Waals surface area contributed by atoms with Crippen LogP contribution in [0.3, 0.4) is 0 Å². The highest BCUT2D eigenvalue weighted by Gasteiger charge is 2.63. The van der Waals surface area contributed by atoms with Gasteiger partial charge in [-0.25, -0.2) is 0 Å². The van der Waals surface area contributed by atoms with E-state index in [1.165, 1.54) is 7.11 Å². The summed E-state index contributed by atoms with van der Waals surface area (Å²) in [6.45, 7) is 10.8. The summed E-state index contributed by atoms with van der Waals surface area (Å²) in [5, 5.41) is 0. The second-order valence-electron chi connectivity index (χ2n) is 16.2. The van der Waals surface area contributed by atoms with Gasteiger partial charge in [-0.1, -0.05) is 56.2 Å². The molecule has 0 spiro atoms. The lowest BCUT2D eigenvalue weighted by molar-refractivity contribution is -0.163. The van der Waals surface area contributed by atoms with Crippen molar-refractivity contribution in [2.24, 2.45) is 46.3 Å². The zero-order valence-electron chi connectivity index (χ0n) is 29.9. The molecule has 2 aromatic rings. The molecule has 270 valence electrons. The molecule has 0 N–H and O–H groups in total. The standard InChI is InChI=1S/C39H54O8S2/c1-25-7-12-29(13-8-25)48(41,42)46-28-19-21-39(5)34-20-22-38(4)32(27(3)11-18-37(40)45-6)16-17-33(38)31(34)24-36(35(39)23-28)47-49(43,44)30-14-9-26(2)10-15-30/h7-10,12-15,27-28,31-36H,11,16-24H2,1-6H3/t27?,28?,31?,32?,33?,34?,35?,36?,38-,39-/m1/s1. The maximum atomic E-state index is 13.9. The van der Waals surface area contributed by atoms with Crippen LogP contribution in [-0.4, -0.2) is 42.1 Å². The van der Waals surface area contributed by atoms with E-state index in [1.807, 2.05) is 13.8 Å². The molecule has 0 aromatic heterocycles. The third kappa shape index (κ3) is 7.01. The van der Waals surface area contributed by atoms with Crippen LogP contribution in [0, 0.1) is 60.2 Å². The lowest BCUT2D eigenvalue weighted by Gasteiger charge is -2.62. The summed E-state index contributed by atoms with van der Waals surface area (Å²) < 4.78 is 71.7. The highest BCUT2D eigenvalue weighted by atomic mass is 32.2. The van der Waals surface area contributed by atoms with Gasteiger partial charge in [0.2, 0.25) is 0 Å². The molecule has 4 aliphatic rings. The molecular formula is C39H54O8S2. The fourth-order valence-corrected chi connectivity index (χ4v) is 13.1. The fraction of sp³-hybridized carbons (Fsp3) is 0.667. The second kappa shape index (κ2) is 13.7. The average molecular weight is 715 g/mol. The van der Waals surface area contributed by atoms with Crippen LogP contribution >= 0.6 is 0 Å². The first-order valence-electron chi connectivity index (χ1n) is 18.1. The minimum absolute atomic E-state index is 0.0999. The first kappa shape index (κ1) is 36.5. The Balaban J connectivity index is 1.29. The smallest absolute Gasteiger partial charge is 0.305 e. The highest BCUT2D eigenvalue weighted by Crippen LogP contribution is 2.69. The zero-order valence-corrected chi connectivity index (χ0v) is 31.5. The van der Waals surface area contributed by atoms with E-state index in [0.717, 1.165) is 49.7 Å². The van der Waals surface area contributed by atoms with Crippen molar-refractivity contribution < 1.29 is 34.7 Å². The predicted octanol–water partition coefficient (Wildman–Crippen LogP) is 8.01. The molecule has 8 nitrogen and oxygen atoms in total. The van der Waals surface area contributed by atoms with Crippen molar-refractivity contribution in [3.63, 3.8) is 0 Å². The number of fused-ring (bicyclic) bond motifs is 5. The molecule has 0 radical (unpaired) electrons. The minimum Gasteiger partial charge on any atom is -0.469 e. The van der Waals surface area contributed by atoms with Gasteiger partial charge in [0.25, 0.3) is 20.2 Å². The number of ether oxygens (including phenoxy) is 1. The molecule has 0 amide bonds. The van der Waals surface area contributed by atoms with Crippen molar-refractivity contribution in [2.75, 3.05) is 7.11 Å². The Morgan fingerprint density at radius 1 is 0.755 bits per heavy atom. The van der Waals surface area contributed by atoms with E-state index in [4.69, 9.17) is 13.1 Å². The predicted molar refractivity (Wildman–Crippen MR) is 187 cm³/mol. The molecule has 4 saturated carbocycles. The van der Waals surface area contributed by atoms with Gasteiger partial charge in [0.05, 0.1) is 29.1 Å². The molecule has 10 atom stereocenters. The van der Waals surface area contributed by atoms with E-state index >= 15 is 0 Å². The summed E-state index contributed by atoms with van der Waals surface area (Å²) in [5.74, 6) is 1.64. The first-order chi connectivity index (χ1) is 23.1. The largest absolute Gasteiger partial charge is 0.469 e. The van der Waals surface area contributed by atoms with Gasteiger partial charge in [0.15, 0.2) is 0 Å². The Labute approximate surface area is 293 Å². The van der Waals surface area contributed by atoms with Gasteiger partial charge in [-0.15, -0.1) is 0 Å². The maximum Gasteiger partial charge on any atom is 0.305 e. The number of hydrogen-bond acceptors (Lipinski definition) is 8. The van der Waals surface area contributed by atoms with Gasteiger partial charge >= 0.3 is 5.97 Å². The Morgan fingerprint density at radius 3 is 1.90 bits per heavy atom. The van der Waals surface area contributed by atoms with E-state index in [-0.39, 0.29) is 32.5 Å². The van der Waals surface area contributed by atoms with E-state index in [9.17, 15) is 21.6 Å². The van der Waals surface area contributed by atoms with Gasteiger partial charge in [-0.2, -0.15) is 16.8 Å². The van der Waals surface area contributed by atoms with E-state index in [2.05, 4.69) is 20.8 Å². The van der Waals surface area contributed by atoms with E-state index in [0.29, 0.717) is 55.3 Å². The molecular weight excluding hydrogens is 661 g/mol. The summed E-state index contributed by atoms with van der Waals surface area (Å²) in [7, 11) is -6.62. The minimum atomic E-state index is -4.07. The Morgan fingerprint density at radius 2 is 1.31 bits per heavy atom. The van der Waals surface area contributed by atoms with E-state index < -0.39 is 32.4 Å². The topological polar surface area (TPSA) is 113 Å². The van der Waals surface area contributed by atoms with Crippen LogP contribution in [0.15, 0.2) is 58.3 Å². The van der Waals surface area contributed by atoms with Crippen molar-refractivity contribution in [3.05, 3.63) is 59.7 Å². The van der Waals surface area contributed by atoms with Crippen molar-refractivity contribution in [1.82, 2.24) is 0 Å². The Kier molecular flexibility index (Phi) is 10.2. The van der Waals surface area contributed by atoms with Crippen LogP contribution in [0.25, 0.3) is 0 Å². The number of rotatable bonds is 10. The molecule has 4 fully saturated rings. The number of carbonyl (C=O) groups is 1. The average Bonchev–Trinajstić information content (AvgIpc) is 3.41. The second-order valence-corrected chi connectivity index (χ2v) is 19.4. The normalized spacial score (nSPS) is 35.1. The molecule has 0 aliphatic heterocycles. The molecule has 4 aliphatic carbocycles. The molecule has 2 aromatic carbocycles. The summed E-state index contributed by atoms with van der Waals surface area (Å²) in [5.41, 5.74) is 1.81. The van der Waals surface area contributed by atoms with Crippen LogP contribution in [-0.2, 0) is 38.1 Å². The Hall–Kier alpha value is -2.27. The molecule has 0 saturated heterocycles. The number of esters is 1. The maximum absolute atomic E-state index is 13.9. The summed E-state index contributed by atoms with van der Waals surface area (Å²) in [4.78, 5) is 12.2. The lowest BCUT2D eigenvalue weighted by Crippen LogP contribution is -2.59. The van der Waals surface area contributed by atoms with Gasteiger partial charge in [0, 0.05) is 6.42 Å². The number of benzene rings is 2. The van der Waals surface area contributed by atoms with Crippen molar-refractivity contribution in [1.29, 1.82) is 0 Å². The van der Waals surface area contributed by atoms with Gasteiger partial charge in [-0.05, 0) is 142 Å². The van der Waals surface area contributed by atoms with Crippen LogP contribution in [0.2, 0.25) is 0 Å². The number of hydrogen-bond donors (Lipinski definition) is 0. The molecule has 49 heavy (non-hydrogen) atoms. The zero-order chi connectivity index (χ0) is 35.4. The van der Waals surface area contributed by atoms with Gasteiger partial charge in [0.1, 0.15) is 0 Å². The van der Waals surface area contributed by atoms with Crippen LogP contribution in [0.4, 0.5) is 0 Å².